The van der Waals surface area contributed by atoms with Gasteiger partial charge in [-0.2, -0.15) is 0 Å². The highest BCUT2D eigenvalue weighted by molar-refractivity contribution is 7.16. The average molecular weight is 373 g/mol. The minimum atomic E-state index is -0.342. The Balaban J connectivity index is 1.65. The number of aromatic hydroxyl groups is 1. The number of benzene rings is 1. The van der Waals surface area contributed by atoms with Crippen molar-refractivity contribution in [2.45, 2.75) is 39.0 Å². The molecule has 2 aliphatic heterocycles. The van der Waals surface area contributed by atoms with Crippen LogP contribution in [0.1, 0.15) is 46.4 Å². The van der Waals surface area contributed by atoms with Crippen molar-refractivity contribution < 1.29 is 14.6 Å². The number of amides is 1. The number of thiophene rings is 1. The van der Waals surface area contributed by atoms with E-state index in [2.05, 4.69) is 29.4 Å². The third-order valence-electron chi connectivity index (χ3n) is 5.13. The summed E-state index contributed by atoms with van der Waals surface area (Å²) in [7, 11) is 1.51. The van der Waals surface area contributed by atoms with Gasteiger partial charge in [0.25, 0.3) is 5.91 Å². The van der Waals surface area contributed by atoms with E-state index >= 15 is 0 Å². The Hall–Kier alpha value is -2.25. The fourth-order valence-corrected chi connectivity index (χ4v) is 4.92. The lowest BCUT2D eigenvalue weighted by molar-refractivity contribution is 0.0934. The molecule has 3 heterocycles. The van der Waals surface area contributed by atoms with E-state index in [9.17, 15) is 9.90 Å². The highest BCUT2D eigenvalue weighted by Crippen LogP contribution is 2.41. The monoisotopic (exact) mass is 373 g/mol. The third-order valence-corrected chi connectivity index (χ3v) is 6.28. The van der Waals surface area contributed by atoms with Gasteiger partial charge in [0, 0.05) is 24.0 Å². The second-order valence-corrected chi connectivity index (χ2v) is 8.11. The van der Waals surface area contributed by atoms with E-state index in [-0.39, 0.29) is 17.8 Å². The van der Waals surface area contributed by atoms with Gasteiger partial charge in [0.1, 0.15) is 11.2 Å². The summed E-state index contributed by atoms with van der Waals surface area (Å²) >= 11 is 1.68. The number of nitrogens with zero attached hydrogens (tertiary/aromatic N) is 1. The van der Waals surface area contributed by atoms with Gasteiger partial charge >= 0.3 is 0 Å². The molecule has 7 heteroatoms. The van der Waals surface area contributed by atoms with Gasteiger partial charge in [0.05, 0.1) is 12.7 Å². The maximum Gasteiger partial charge on any atom is 0.256 e. The summed E-state index contributed by atoms with van der Waals surface area (Å²) in [6, 6.07) is 5.61. The summed E-state index contributed by atoms with van der Waals surface area (Å²) < 4.78 is 5.18. The summed E-state index contributed by atoms with van der Waals surface area (Å²) in [5.74, 6) is 0.438. The third kappa shape index (κ3) is 2.81. The van der Waals surface area contributed by atoms with Crippen LogP contribution in [0.3, 0.4) is 0 Å². The Morgan fingerprint density at radius 2 is 2.15 bits per heavy atom. The Morgan fingerprint density at radius 1 is 1.35 bits per heavy atom. The van der Waals surface area contributed by atoms with Gasteiger partial charge in [0.15, 0.2) is 11.5 Å². The van der Waals surface area contributed by atoms with Crippen molar-refractivity contribution in [2.24, 2.45) is 0 Å². The molecular weight excluding hydrogens is 350 g/mol. The van der Waals surface area contributed by atoms with Gasteiger partial charge in [0.2, 0.25) is 0 Å². The number of phenols is 1. The first-order valence-corrected chi connectivity index (χ1v) is 9.62. The summed E-state index contributed by atoms with van der Waals surface area (Å²) in [5.41, 5.74) is 2.83. The Morgan fingerprint density at radius 3 is 2.88 bits per heavy atom. The first-order valence-electron chi connectivity index (χ1n) is 8.80. The van der Waals surface area contributed by atoms with Crippen LogP contribution in [0.5, 0.6) is 11.5 Å². The minimum absolute atomic E-state index is 0.0358. The molecule has 0 spiro atoms. The molecule has 138 valence electrons. The van der Waals surface area contributed by atoms with Crippen molar-refractivity contribution in [3.8, 4) is 11.5 Å². The molecule has 2 aliphatic rings. The zero-order chi connectivity index (χ0) is 18.4. The number of nitrogens with one attached hydrogen (secondary N) is 2. The number of anilines is 1. The van der Waals surface area contributed by atoms with E-state index in [0.29, 0.717) is 11.8 Å². The van der Waals surface area contributed by atoms with Crippen molar-refractivity contribution in [3.05, 3.63) is 39.8 Å². The van der Waals surface area contributed by atoms with Crippen LogP contribution in [0.15, 0.2) is 18.2 Å². The van der Waals surface area contributed by atoms with Crippen LogP contribution in [0.2, 0.25) is 0 Å². The van der Waals surface area contributed by atoms with Crippen molar-refractivity contribution in [1.82, 2.24) is 10.2 Å². The molecule has 1 amide bonds. The lowest BCUT2D eigenvalue weighted by Crippen LogP contribution is -2.39. The molecule has 1 aromatic carbocycles. The number of phenolic OH excluding ortho intramolecular Hbond substituents is 1. The van der Waals surface area contributed by atoms with Gasteiger partial charge in [-0.1, -0.05) is 6.07 Å². The van der Waals surface area contributed by atoms with E-state index < -0.39 is 0 Å². The fourth-order valence-electron chi connectivity index (χ4n) is 3.62. The predicted molar refractivity (Wildman–Crippen MR) is 102 cm³/mol. The Labute approximate surface area is 156 Å². The molecule has 26 heavy (non-hydrogen) atoms. The molecule has 0 aliphatic carbocycles. The zero-order valence-corrected chi connectivity index (χ0v) is 15.9. The molecule has 0 radical (unpaired) electrons. The lowest BCUT2D eigenvalue weighted by atomic mass is 9.99. The second-order valence-electron chi connectivity index (χ2n) is 7.00. The van der Waals surface area contributed by atoms with Crippen LogP contribution in [-0.2, 0) is 13.0 Å². The van der Waals surface area contributed by atoms with Crippen LogP contribution in [0, 0.1) is 0 Å². The minimum Gasteiger partial charge on any atom is -0.504 e. The van der Waals surface area contributed by atoms with Crippen molar-refractivity contribution in [3.63, 3.8) is 0 Å². The molecule has 3 N–H and O–H groups in total. The largest absolute Gasteiger partial charge is 0.504 e. The predicted octanol–water partition coefficient (Wildman–Crippen LogP) is 3.08. The quantitative estimate of drug-likeness (QED) is 0.771. The van der Waals surface area contributed by atoms with Crippen LogP contribution in [-0.4, -0.2) is 35.6 Å². The molecule has 0 fully saturated rings. The Kier molecular flexibility index (Phi) is 4.28. The molecule has 0 bridgehead atoms. The number of ether oxygens (including phenoxy) is 1. The number of carbonyl (C=O) groups excluding carboxylic acids is 1. The molecule has 2 aromatic rings. The van der Waals surface area contributed by atoms with Crippen LogP contribution in [0.25, 0.3) is 0 Å². The van der Waals surface area contributed by atoms with E-state index in [1.165, 1.54) is 17.6 Å². The normalized spacial score (nSPS) is 19.5. The Bertz CT molecular complexity index is 862. The van der Waals surface area contributed by atoms with E-state index in [1.807, 2.05) is 0 Å². The molecule has 1 atom stereocenters. The van der Waals surface area contributed by atoms with Crippen molar-refractivity contribution >= 4 is 22.2 Å². The molecule has 0 unspecified atom stereocenters. The zero-order valence-electron chi connectivity index (χ0n) is 15.1. The van der Waals surface area contributed by atoms with E-state index in [0.717, 1.165) is 35.6 Å². The van der Waals surface area contributed by atoms with Crippen molar-refractivity contribution in [2.75, 3.05) is 19.0 Å². The highest BCUT2D eigenvalue weighted by Gasteiger charge is 2.33. The van der Waals surface area contributed by atoms with Crippen LogP contribution < -0.4 is 15.4 Å². The lowest BCUT2D eigenvalue weighted by Gasteiger charge is -2.31. The van der Waals surface area contributed by atoms with Gasteiger partial charge in [-0.15, -0.1) is 11.3 Å². The van der Waals surface area contributed by atoms with Gasteiger partial charge in [-0.25, -0.2) is 0 Å². The maximum atomic E-state index is 12.8. The average Bonchev–Trinajstić information content (AvgIpc) is 2.99. The highest BCUT2D eigenvalue weighted by atomic mass is 32.1. The smallest absolute Gasteiger partial charge is 0.256 e. The molecule has 0 saturated heterocycles. The first kappa shape index (κ1) is 17.2. The maximum absolute atomic E-state index is 12.8. The number of rotatable bonds is 3. The summed E-state index contributed by atoms with van der Waals surface area (Å²) in [6.07, 6.45) is 0.567. The van der Waals surface area contributed by atoms with Crippen LogP contribution >= 0.6 is 11.3 Å². The number of hydrogen-bond donors (Lipinski definition) is 3. The fraction of sp³-hybridized carbons (Fsp3) is 0.421. The van der Waals surface area contributed by atoms with Crippen LogP contribution in [0.4, 0.5) is 5.00 Å². The summed E-state index contributed by atoms with van der Waals surface area (Å²) in [4.78, 5) is 16.5. The van der Waals surface area contributed by atoms with Gasteiger partial charge in [-0.3, -0.25) is 9.69 Å². The number of methoxy groups -OCH3 is 1. The number of fused-ring (bicyclic) bond motifs is 3. The first-order chi connectivity index (χ1) is 12.5. The standard InChI is InChI=1S/C19H23N3O3S/c1-10(2)22-7-6-12-15(9-22)26-19-16(12)18(24)20-17(21-19)11-4-5-13(23)14(8-11)25-3/h4-5,8,10,17,21,23H,6-7,9H2,1-3H3,(H,20,24)/t17-/m0/s1. The van der Waals surface area contributed by atoms with Gasteiger partial charge in [-0.05, 0) is 43.5 Å². The molecule has 0 saturated carbocycles. The van der Waals surface area contributed by atoms with Crippen molar-refractivity contribution in [1.29, 1.82) is 0 Å². The summed E-state index contributed by atoms with van der Waals surface area (Å²) in [5, 5.41) is 17.2. The molecule has 6 nitrogen and oxygen atoms in total. The SMILES string of the molecule is COc1cc([C@H]2NC(=O)c3c(sc4c3CCN(C(C)C)C4)N2)ccc1O. The molecule has 1 aromatic heterocycles. The van der Waals surface area contributed by atoms with E-state index in [1.54, 1.807) is 29.5 Å². The van der Waals surface area contributed by atoms with E-state index in [4.69, 9.17) is 4.74 Å². The van der Waals surface area contributed by atoms with Gasteiger partial charge < -0.3 is 20.5 Å². The molecule has 4 rings (SSSR count). The topological polar surface area (TPSA) is 73.8 Å². The number of carbonyl (C=O) groups is 1. The number of hydrogen-bond acceptors (Lipinski definition) is 6. The molecular formula is C19H23N3O3S. The summed E-state index contributed by atoms with van der Waals surface area (Å²) in [6.45, 7) is 6.30. The second kappa shape index (κ2) is 6.48.